The number of aromatic nitrogens is 2. The standard InChI is InChI=1S/C12H15ClN2S2/c1-17-8-3-2-7-15-11-9(13)5-4-6-10(11)14-12(15)16/h4-6H,2-3,7-8H2,1H3,(H,14,16). The number of rotatable bonds is 5. The lowest BCUT2D eigenvalue weighted by Gasteiger charge is -2.05. The smallest absolute Gasteiger partial charge is 0.178 e. The summed E-state index contributed by atoms with van der Waals surface area (Å²) in [5.74, 6) is 1.20. The predicted octanol–water partition coefficient (Wildman–Crippen LogP) is 4.50. The van der Waals surface area contributed by atoms with Crippen LogP contribution in [-0.2, 0) is 6.54 Å². The van der Waals surface area contributed by atoms with E-state index in [1.54, 1.807) is 0 Å². The van der Waals surface area contributed by atoms with Gasteiger partial charge in [0.2, 0.25) is 0 Å². The number of para-hydroxylation sites is 1. The van der Waals surface area contributed by atoms with Gasteiger partial charge in [-0.2, -0.15) is 11.8 Å². The van der Waals surface area contributed by atoms with Crippen molar-refractivity contribution >= 4 is 46.6 Å². The van der Waals surface area contributed by atoms with Gasteiger partial charge in [-0.3, -0.25) is 0 Å². The minimum atomic E-state index is 0.761. The summed E-state index contributed by atoms with van der Waals surface area (Å²) in [4.78, 5) is 3.20. The van der Waals surface area contributed by atoms with E-state index in [2.05, 4.69) is 15.8 Å². The third-order valence-corrected chi connectivity index (χ3v) is 4.05. The Kier molecular flexibility index (Phi) is 4.54. The second kappa shape index (κ2) is 5.94. The Morgan fingerprint density at radius 3 is 3.00 bits per heavy atom. The molecular weight excluding hydrogens is 272 g/mol. The Morgan fingerprint density at radius 1 is 1.41 bits per heavy atom. The summed E-state index contributed by atoms with van der Waals surface area (Å²) >= 11 is 13.4. The lowest BCUT2D eigenvalue weighted by Crippen LogP contribution is -1.98. The molecule has 5 heteroatoms. The molecule has 1 aromatic heterocycles. The topological polar surface area (TPSA) is 20.7 Å². The van der Waals surface area contributed by atoms with E-state index in [1.165, 1.54) is 12.2 Å². The van der Waals surface area contributed by atoms with Crippen LogP contribution in [-0.4, -0.2) is 21.6 Å². The highest BCUT2D eigenvalue weighted by molar-refractivity contribution is 7.98. The van der Waals surface area contributed by atoms with Gasteiger partial charge in [-0.25, -0.2) is 0 Å². The van der Waals surface area contributed by atoms with Crippen LogP contribution in [0.1, 0.15) is 12.8 Å². The number of H-pyrrole nitrogens is 1. The van der Waals surface area contributed by atoms with E-state index in [1.807, 2.05) is 30.0 Å². The average Bonchev–Trinajstić information content (AvgIpc) is 2.62. The molecule has 0 radical (unpaired) electrons. The maximum Gasteiger partial charge on any atom is 0.178 e. The number of aryl methyl sites for hydroxylation is 1. The molecule has 0 saturated heterocycles. The van der Waals surface area contributed by atoms with Crippen molar-refractivity contribution in [1.29, 1.82) is 0 Å². The highest BCUT2D eigenvalue weighted by Gasteiger charge is 2.07. The number of benzene rings is 1. The molecule has 17 heavy (non-hydrogen) atoms. The Morgan fingerprint density at radius 2 is 2.24 bits per heavy atom. The molecule has 0 atom stereocenters. The van der Waals surface area contributed by atoms with E-state index in [0.717, 1.165) is 33.8 Å². The van der Waals surface area contributed by atoms with Crippen molar-refractivity contribution in [3.8, 4) is 0 Å². The largest absolute Gasteiger partial charge is 0.331 e. The molecule has 0 unspecified atom stereocenters. The molecule has 2 rings (SSSR count). The molecule has 0 fully saturated rings. The SMILES string of the molecule is CSCCCCn1c(=S)[nH]c2cccc(Cl)c21. The number of thioether (sulfide) groups is 1. The summed E-state index contributed by atoms with van der Waals surface area (Å²) in [5, 5.41) is 0.764. The number of fused-ring (bicyclic) bond motifs is 1. The van der Waals surface area contributed by atoms with Crippen LogP contribution in [0.5, 0.6) is 0 Å². The Labute approximate surface area is 115 Å². The summed E-state index contributed by atoms with van der Waals surface area (Å²) in [6.07, 6.45) is 4.47. The zero-order chi connectivity index (χ0) is 12.3. The van der Waals surface area contributed by atoms with E-state index >= 15 is 0 Å². The molecule has 0 saturated carbocycles. The Bertz CT molecular complexity index is 559. The van der Waals surface area contributed by atoms with Gasteiger partial charge in [0.25, 0.3) is 0 Å². The molecule has 2 nitrogen and oxygen atoms in total. The summed E-state index contributed by atoms with van der Waals surface area (Å²) in [7, 11) is 0. The number of aromatic amines is 1. The molecular formula is C12H15ClN2S2. The van der Waals surface area contributed by atoms with Crippen molar-refractivity contribution in [2.75, 3.05) is 12.0 Å². The zero-order valence-corrected chi connectivity index (χ0v) is 12.1. The monoisotopic (exact) mass is 286 g/mol. The normalized spacial score (nSPS) is 11.2. The molecule has 92 valence electrons. The fraction of sp³-hybridized carbons (Fsp3) is 0.417. The molecule has 0 bridgehead atoms. The third-order valence-electron chi connectivity index (χ3n) is 2.72. The summed E-state index contributed by atoms with van der Waals surface area (Å²) < 4.78 is 2.87. The quantitative estimate of drug-likeness (QED) is 0.645. The number of nitrogens with zero attached hydrogens (tertiary/aromatic N) is 1. The van der Waals surface area contributed by atoms with Gasteiger partial charge >= 0.3 is 0 Å². The molecule has 1 heterocycles. The van der Waals surface area contributed by atoms with Gasteiger partial charge in [-0.15, -0.1) is 0 Å². The number of imidazole rings is 1. The highest BCUT2D eigenvalue weighted by atomic mass is 35.5. The first-order chi connectivity index (χ1) is 8.24. The lowest BCUT2D eigenvalue weighted by atomic mass is 10.3. The number of hydrogen-bond donors (Lipinski definition) is 1. The predicted molar refractivity (Wildman–Crippen MR) is 79.7 cm³/mol. The van der Waals surface area contributed by atoms with Crippen molar-refractivity contribution < 1.29 is 0 Å². The molecule has 1 aromatic carbocycles. The van der Waals surface area contributed by atoms with Crippen molar-refractivity contribution in [1.82, 2.24) is 9.55 Å². The highest BCUT2D eigenvalue weighted by Crippen LogP contribution is 2.23. The molecule has 1 N–H and O–H groups in total. The van der Waals surface area contributed by atoms with Gasteiger partial charge in [0.05, 0.1) is 16.1 Å². The van der Waals surface area contributed by atoms with Gasteiger partial charge < -0.3 is 9.55 Å². The van der Waals surface area contributed by atoms with E-state index in [-0.39, 0.29) is 0 Å². The maximum absolute atomic E-state index is 6.22. The molecule has 2 aromatic rings. The van der Waals surface area contributed by atoms with Crippen molar-refractivity contribution in [3.63, 3.8) is 0 Å². The van der Waals surface area contributed by atoms with E-state index in [0.29, 0.717) is 0 Å². The van der Waals surface area contributed by atoms with Crippen LogP contribution in [0.15, 0.2) is 18.2 Å². The second-order valence-electron chi connectivity index (χ2n) is 3.92. The summed E-state index contributed by atoms with van der Waals surface area (Å²) in [5.41, 5.74) is 2.05. The first-order valence-corrected chi connectivity index (χ1v) is 7.78. The van der Waals surface area contributed by atoms with Gasteiger partial charge in [-0.1, -0.05) is 17.7 Å². The minimum Gasteiger partial charge on any atom is -0.331 e. The van der Waals surface area contributed by atoms with Gasteiger partial charge in [-0.05, 0) is 49.2 Å². The van der Waals surface area contributed by atoms with Crippen molar-refractivity contribution in [2.24, 2.45) is 0 Å². The van der Waals surface area contributed by atoms with E-state index in [4.69, 9.17) is 23.8 Å². The first kappa shape index (κ1) is 13.0. The van der Waals surface area contributed by atoms with E-state index in [9.17, 15) is 0 Å². The van der Waals surface area contributed by atoms with Crippen molar-refractivity contribution in [2.45, 2.75) is 19.4 Å². The lowest BCUT2D eigenvalue weighted by molar-refractivity contribution is 0.643. The number of hydrogen-bond acceptors (Lipinski definition) is 2. The van der Waals surface area contributed by atoms with Crippen LogP contribution in [0.25, 0.3) is 11.0 Å². The fourth-order valence-corrected chi connectivity index (χ4v) is 2.97. The van der Waals surface area contributed by atoms with Gasteiger partial charge in [0.1, 0.15) is 0 Å². The average molecular weight is 287 g/mol. The summed E-state index contributed by atoms with van der Waals surface area (Å²) in [6, 6.07) is 5.86. The number of halogens is 1. The Hall–Kier alpha value is -0.450. The van der Waals surface area contributed by atoms with Gasteiger partial charge in [0, 0.05) is 6.54 Å². The number of unbranched alkanes of at least 4 members (excludes halogenated alkanes) is 1. The Balaban J connectivity index is 2.27. The van der Waals surface area contributed by atoms with Crippen LogP contribution >= 0.6 is 35.6 Å². The number of nitrogens with one attached hydrogen (secondary N) is 1. The first-order valence-electron chi connectivity index (χ1n) is 5.60. The molecule has 0 spiro atoms. The third kappa shape index (κ3) is 2.87. The van der Waals surface area contributed by atoms with Crippen molar-refractivity contribution in [3.05, 3.63) is 28.0 Å². The van der Waals surface area contributed by atoms with Crippen LogP contribution in [0, 0.1) is 4.77 Å². The molecule has 0 amide bonds. The van der Waals surface area contributed by atoms with Crippen LogP contribution < -0.4 is 0 Å². The minimum absolute atomic E-state index is 0.761. The van der Waals surface area contributed by atoms with Gasteiger partial charge in [0.15, 0.2) is 4.77 Å². The van der Waals surface area contributed by atoms with Crippen LogP contribution in [0.3, 0.4) is 0 Å². The molecule has 0 aliphatic heterocycles. The van der Waals surface area contributed by atoms with E-state index < -0.39 is 0 Å². The fourth-order valence-electron chi connectivity index (χ4n) is 1.90. The zero-order valence-electron chi connectivity index (χ0n) is 9.70. The molecule has 0 aliphatic carbocycles. The molecule has 0 aliphatic rings. The van der Waals surface area contributed by atoms with Crippen LogP contribution in [0.2, 0.25) is 5.02 Å². The second-order valence-corrected chi connectivity index (χ2v) is 5.70. The maximum atomic E-state index is 6.22. The summed E-state index contributed by atoms with van der Waals surface area (Å²) in [6.45, 7) is 0.934. The van der Waals surface area contributed by atoms with Crippen LogP contribution in [0.4, 0.5) is 0 Å².